The number of benzene rings is 2. The van der Waals surface area contributed by atoms with Crippen molar-refractivity contribution in [1.29, 1.82) is 0 Å². The van der Waals surface area contributed by atoms with Gasteiger partial charge in [0, 0.05) is 28.9 Å². The van der Waals surface area contributed by atoms with Crippen LogP contribution in [0, 0.1) is 11.8 Å². The fourth-order valence-electron chi connectivity index (χ4n) is 5.50. The number of imidazole rings is 1. The van der Waals surface area contributed by atoms with Crippen LogP contribution in [0.1, 0.15) is 64.7 Å². The molecule has 1 heterocycles. The van der Waals surface area contributed by atoms with Gasteiger partial charge in [-0.05, 0) is 73.6 Å². The molecule has 2 aromatic carbocycles. The minimum atomic E-state index is 0.130. The summed E-state index contributed by atoms with van der Waals surface area (Å²) in [4.78, 5) is 20.7. The van der Waals surface area contributed by atoms with E-state index in [1.165, 1.54) is 44.2 Å². The molecule has 3 aromatic rings. The first-order chi connectivity index (χ1) is 16.7. The van der Waals surface area contributed by atoms with Crippen molar-refractivity contribution in [3.63, 3.8) is 0 Å². The Morgan fingerprint density at radius 2 is 1.47 bits per heavy atom. The van der Waals surface area contributed by atoms with Crippen LogP contribution in [-0.4, -0.2) is 21.9 Å². The minimum absolute atomic E-state index is 0.130. The summed E-state index contributed by atoms with van der Waals surface area (Å²) in [6.07, 6.45) is 13.0. The average Bonchev–Trinajstić information content (AvgIpc) is 3.36. The summed E-state index contributed by atoms with van der Waals surface area (Å²) < 4.78 is 0. The third-order valence-corrected chi connectivity index (χ3v) is 7.62. The van der Waals surface area contributed by atoms with Gasteiger partial charge < -0.3 is 15.6 Å². The molecule has 2 saturated carbocycles. The van der Waals surface area contributed by atoms with Crippen LogP contribution in [0.4, 0.5) is 11.4 Å². The quantitative estimate of drug-likeness (QED) is 0.366. The Morgan fingerprint density at radius 1 is 0.824 bits per heavy atom. The first-order valence-corrected chi connectivity index (χ1v) is 13.0. The van der Waals surface area contributed by atoms with Gasteiger partial charge in [-0.3, -0.25) is 4.79 Å². The zero-order valence-corrected chi connectivity index (χ0v) is 20.1. The van der Waals surface area contributed by atoms with E-state index in [-0.39, 0.29) is 11.8 Å². The Morgan fingerprint density at radius 3 is 2.21 bits per heavy atom. The van der Waals surface area contributed by atoms with Crippen molar-refractivity contribution >= 4 is 17.3 Å². The molecule has 0 saturated heterocycles. The van der Waals surface area contributed by atoms with E-state index in [1.54, 1.807) is 0 Å². The molecule has 0 spiro atoms. The maximum absolute atomic E-state index is 12.7. The lowest BCUT2D eigenvalue weighted by atomic mass is 9.80. The molecule has 5 nitrogen and oxygen atoms in total. The highest BCUT2D eigenvalue weighted by Crippen LogP contribution is 2.31. The fraction of sp³-hybridized carbons (Fsp3) is 0.448. The summed E-state index contributed by atoms with van der Waals surface area (Å²) >= 11 is 0. The highest BCUT2D eigenvalue weighted by molar-refractivity contribution is 5.93. The zero-order valence-electron chi connectivity index (χ0n) is 20.1. The van der Waals surface area contributed by atoms with E-state index >= 15 is 0 Å². The normalized spacial score (nSPS) is 21.2. The predicted molar refractivity (Wildman–Crippen MR) is 140 cm³/mol. The van der Waals surface area contributed by atoms with E-state index in [0.717, 1.165) is 47.6 Å². The first-order valence-electron chi connectivity index (χ1n) is 13.0. The SMILES string of the molecule is CC1CCCCC1C(=O)Nc1ccc(-c2ncc(-c3ccc(NC4CCCCC4)cc3)[nH]2)cc1. The van der Waals surface area contributed by atoms with Gasteiger partial charge >= 0.3 is 0 Å². The van der Waals surface area contributed by atoms with Crippen LogP contribution in [0.2, 0.25) is 0 Å². The van der Waals surface area contributed by atoms with Crippen LogP contribution in [0.3, 0.4) is 0 Å². The van der Waals surface area contributed by atoms with Crippen molar-refractivity contribution in [1.82, 2.24) is 9.97 Å². The number of aromatic amines is 1. The summed E-state index contributed by atoms with van der Waals surface area (Å²) in [5, 5.41) is 6.79. The summed E-state index contributed by atoms with van der Waals surface area (Å²) in [7, 11) is 0. The molecule has 1 aromatic heterocycles. The number of nitrogens with zero attached hydrogens (tertiary/aromatic N) is 1. The van der Waals surface area contributed by atoms with Gasteiger partial charge in [-0.25, -0.2) is 4.98 Å². The van der Waals surface area contributed by atoms with E-state index in [1.807, 2.05) is 30.5 Å². The van der Waals surface area contributed by atoms with E-state index in [2.05, 4.69) is 51.8 Å². The second-order valence-corrected chi connectivity index (χ2v) is 10.1. The molecule has 1 amide bonds. The second kappa shape index (κ2) is 10.5. The monoisotopic (exact) mass is 456 g/mol. The molecule has 2 aliphatic carbocycles. The van der Waals surface area contributed by atoms with Gasteiger partial charge in [0.2, 0.25) is 5.91 Å². The number of aromatic nitrogens is 2. The third-order valence-electron chi connectivity index (χ3n) is 7.62. The van der Waals surface area contributed by atoms with Gasteiger partial charge in [-0.15, -0.1) is 0 Å². The van der Waals surface area contributed by atoms with Crippen LogP contribution >= 0.6 is 0 Å². The van der Waals surface area contributed by atoms with Crippen molar-refractivity contribution in [2.45, 2.75) is 70.8 Å². The molecule has 0 radical (unpaired) electrons. The number of amides is 1. The van der Waals surface area contributed by atoms with Crippen molar-refractivity contribution in [2.75, 3.05) is 10.6 Å². The molecule has 5 rings (SSSR count). The Kier molecular flexibility index (Phi) is 6.98. The molecule has 178 valence electrons. The number of carbonyl (C=O) groups excluding carboxylic acids is 1. The Labute approximate surface area is 202 Å². The summed E-state index contributed by atoms with van der Waals surface area (Å²) in [6.45, 7) is 2.20. The lowest BCUT2D eigenvalue weighted by Crippen LogP contribution is -2.30. The molecular formula is C29H36N4O. The van der Waals surface area contributed by atoms with Crippen molar-refractivity contribution < 1.29 is 4.79 Å². The summed E-state index contributed by atoms with van der Waals surface area (Å²) in [5.74, 6) is 1.58. The first kappa shape index (κ1) is 22.7. The Balaban J connectivity index is 1.21. The maximum atomic E-state index is 12.7. The maximum Gasteiger partial charge on any atom is 0.227 e. The highest BCUT2D eigenvalue weighted by atomic mass is 16.1. The van der Waals surface area contributed by atoms with Crippen molar-refractivity contribution in [3.05, 3.63) is 54.7 Å². The molecule has 0 aliphatic heterocycles. The largest absolute Gasteiger partial charge is 0.382 e. The molecule has 2 fully saturated rings. The number of anilines is 2. The molecule has 0 bridgehead atoms. The van der Waals surface area contributed by atoms with Gasteiger partial charge in [0.05, 0.1) is 11.9 Å². The number of nitrogens with one attached hydrogen (secondary N) is 3. The molecule has 34 heavy (non-hydrogen) atoms. The van der Waals surface area contributed by atoms with Crippen molar-refractivity contribution in [2.24, 2.45) is 11.8 Å². The third kappa shape index (κ3) is 5.35. The average molecular weight is 457 g/mol. The van der Waals surface area contributed by atoms with E-state index in [0.29, 0.717) is 12.0 Å². The lowest BCUT2D eigenvalue weighted by molar-refractivity contribution is -0.122. The van der Waals surface area contributed by atoms with E-state index < -0.39 is 0 Å². The highest BCUT2D eigenvalue weighted by Gasteiger charge is 2.27. The fourth-order valence-corrected chi connectivity index (χ4v) is 5.50. The smallest absolute Gasteiger partial charge is 0.227 e. The molecule has 2 unspecified atom stereocenters. The number of carbonyl (C=O) groups is 1. The Bertz CT molecular complexity index is 1080. The van der Waals surface area contributed by atoms with Gasteiger partial charge in [0.15, 0.2) is 0 Å². The molecule has 5 heteroatoms. The summed E-state index contributed by atoms with van der Waals surface area (Å²) in [5.41, 5.74) is 5.17. The van der Waals surface area contributed by atoms with Crippen LogP contribution in [-0.2, 0) is 4.79 Å². The van der Waals surface area contributed by atoms with E-state index in [9.17, 15) is 4.79 Å². The number of rotatable bonds is 6. The minimum Gasteiger partial charge on any atom is -0.382 e. The van der Waals surface area contributed by atoms with Gasteiger partial charge in [-0.1, -0.05) is 51.2 Å². The zero-order chi connectivity index (χ0) is 23.3. The molecule has 2 atom stereocenters. The van der Waals surface area contributed by atoms with Crippen LogP contribution in [0.15, 0.2) is 54.7 Å². The summed E-state index contributed by atoms with van der Waals surface area (Å²) in [6, 6.07) is 17.2. The Hall–Kier alpha value is -3.08. The number of H-pyrrole nitrogens is 1. The predicted octanol–water partition coefficient (Wildman–Crippen LogP) is 7.25. The topological polar surface area (TPSA) is 69.8 Å². The van der Waals surface area contributed by atoms with Crippen LogP contribution < -0.4 is 10.6 Å². The van der Waals surface area contributed by atoms with E-state index in [4.69, 9.17) is 0 Å². The standard InChI is InChI=1S/C29H36N4O/c1-20-7-5-6-10-26(20)29(34)32-25-17-13-22(14-18-25)28-30-19-27(33-28)21-11-15-24(16-12-21)31-23-8-3-2-4-9-23/h11-20,23,26,31H,2-10H2,1H3,(H,30,33)(H,32,34). The molecule has 2 aliphatic rings. The number of hydrogen-bond acceptors (Lipinski definition) is 3. The van der Waals surface area contributed by atoms with Crippen LogP contribution in [0.5, 0.6) is 0 Å². The van der Waals surface area contributed by atoms with Gasteiger partial charge in [0.25, 0.3) is 0 Å². The number of hydrogen-bond donors (Lipinski definition) is 3. The lowest BCUT2D eigenvalue weighted by Gasteiger charge is -2.27. The van der Waals surface area contributed by atoms with Crippen LogP contribution in [0.25, 0.3) is 22.6 Å². The molecular weight excluding hydrogens is 420 g/mol. The van der Waals surface area contributed by atoms with Gasteiger partial charge in [-0.2, -0.15) is 0 Å². The van der Waals surface area contributed by atoms with Crippen molar-refractivity contribution in [3.8, 4) is 22.6 Å². The second-order valence-electron chi connectivity index (χ2n) is 10.1. The molecule has 3 N–H and O–H groups in total. The van der Waals surface area contributed by atoms with Gasteiger partial charge in [0.1, 0.15) is 5.82 Å².